The highest BCUT2D eigenvalue weighted by Crippen LogP contribution is 2.25. The Labute approximate surface area is 128 Å². The number of anilines is 2. The van der Waals surface area contributed by atoms with E-state index in [2.05, 4.69) is 26.2 Å². The Balaban J connectivity index is 2.29. The molecule has 1 aromatic heterocycles. The number of ether oxygens (including phenoxy) is 1. The molecule has 0 atom stereocenters. The number of halogens is 1. The van der Waals surface area contributed by atoms with Gasteiger partial charge in [0.25, 0.3) is 5.91 Å². The summed E-state index contributed by atoms with van der Waals surface area (Å²) < 4.78 is 10.7. The molecule has 21 heavy (non-hydrogen) atoms. The van der Waals surface area contributed by atoms with Crippen molar-refractivity contribution < 1.29 is 18.7 Å². The van der Waals surface area contributed by atoms with Gasteiger partial charge in [-0.15, -0.1) is 0 Å². The van der Waals surface area contributed by atoms with Crippen LogP contribution in [-0.4, -0.2) is 16.9 Å². The van der Waals surface area contributed by atoms with Crippen LogP contribution in [0.15, 0.2) is 27.1 Å². The number of aromatic nitrogens is 1. The van der Waals surface area contributed by atoms with Gasteiger partial charge in [0.05, 0.1) is 5.56 Å². The number of esters is 1. The SMILES string of the molecule is CC(=O)Oc1ccc(Br)cc1C(=O)Nc1nc(C)c(N)o1. The highest BCUT2D eigenvalue weighted by molar-refractivity contribution is 9.10. The summed E-state index contributed by atoms with van der Waals surface area (Å²) in [6, 6.07) is 4.66. The van der Waals surface area contributed by atoms with E-state index in [0.29, 0.717) is 10.2 Å². The Morgan fingerprint density at radius 3 is 2.71 bits per heavy atom. The number of nitrogens with two attached hydrogens (primary N) is 1. The normalized spacial score (nSPS) is 10.2. The van der Waals surface area contributed by atoms with Crippen molar-refractivity contribution in [2.75, 3.05) is 11.1 Å². The first kappa shape index (κ1) is 15.0. The molecule has 0 aliphatic carbocycles. The quantitative estimate of drug-likeness (QED) is 0.648. The van der Waals surface area contributed by atoms with Gasteiger partial charge in [0.15, 0.2) is 0 Å². The van der Waals surface area contributed by atoms with E-state index in [9.17, 15) is 9.59 Å². The second-order valence-electron chi connectivity index (χ2n) is 4.16. The molecule has 0 bridgehead atoms. The molecule has 2 rings (SSSR count). The number of amides is 1. The zero-order valence-electron chi connectivity index (χ0n) is 11.3. The first-order valence-corrected chi connectivity index (χ1v) is 6.68. The standard InChI is InChI=1S/C13H12BrN3O4/c1-6-11(15)21-13(16-6)17-12(19)9-5-8(14)3-4-10(9)20-7(2)18/h3-5H,15H2,1-2H3,(H,16,17,19). The van der Waals surface area contributed by atoms with Crippen molar-refractivity contribution in [3.8, 4) is 5.75 Å². The molecule has 7 nitrogen and oxygen atoms in total. The predicted molar refractivity (Wildman–Crippen MR) is 79.1 cm³/mol. The Hall–Kier alpha value is -2.35. The lowest BCUT2D eigenvalue weighted by molar-refractivity contribution is -0.131. The van der Waals surface area contributed by atoms with Gasteiger partial charge in [0.2, 0.25) is 5.88 Å². The van der Waals surface area contributed by atoms with Gasteiger partial charge in [0, 0.05) is 11.4 Å². The van der Waals surface area contributed by atoms with Crippen LogP contribution >= 0.6 is 15.9 Å². The maximum atomic E-state index is 12.2. The van der Waals surface area contributed by atoms with Gasteiger partial charge in [0.1, 0.15) is 11.4 Å². The smallest absolute Gasteiger partial charge is 0.308 e. The highest BCUT2D eigenvalue weighted by atomic mass is 79.9. The van der Waals surface area contributed by atoms with Crippen LogP contribution in [0.1, 0.15) is 23.0 Å². The summed E-state index contributed by atoms with van der Waals surface area (Å²) in [5.74, 6) is -0.796. The molecule has 0 spiro atoms. The fourth-order valence-electron chi connectivity index (χ4n) is 1.55. The summed E-state index contributed by atoms with van der Waals surface area (Å²) in [7, 11) is 0. The Bertz CT molecular complexity index is 692. The minimum atomic E-state index is -0.534. The van der Waals surface area contributed by atoms with E-state index >= 15 is 0 Å². The van der Waals surface area contributed by atoms with Gasteiger partial charge in [-0.1, -0.05) is 15.9 Å². The molecular weight excluding hydrogens is 342 g/mol. The average molecular weight is 354 g/mol. The van der Waals surface area contributed by atoms with Crippen molar-refractivity contribution in [3.05, 3.63) is 33.9 Å². The molecule has 8 heteroatoms. The molecule has 0 unspecified atom stereocenters. The van der Waals surface area contributed by atoms with E-state index in [0.717, 1.165) is 0 Å². The second kappa shape index (κ2) is 5.96. The molecule has 1 heterocycles. The molecule has 0 saturated carbocycles. The number of oxazole rings is 1. The fraction of sp³-hybridized carbons (Fsp3) is 0.154. The molecule has 1 aromatic carbocycles. The number of rotatable bonds is 3. The summed E-state index contributed by atoms with van der Waals surface area (Å²) >= 11 is 3.25. The third-order valence-electron chi connectivity index (χ3n) is 2.49. The van der Waals surface area contributed by atoms with Crippen molar-refractivity contribution in [2.45, 2.75) is 13.8 Å². The lowest BCUT2D eigenvalue weighted by Crippen LogP contribution is -2.15. The maximum Gasteiger partial charge on any atom is 0.308 e. The number of aryl methyl sites for hydroxylation is 1. The van der Waals surface area contributed by atoms with E-state index < -0.39 is 11.9 Å². The van der Waals surface area contributed by atoms with Crippen molar-refractivity contribution in [2.24, 2.45) is 0 Å². The predicted octanol–water partition coefficient (Wildman–Crippen LogP) is 2.51. The van der Waals surface area contributed by atoms with Crippen molar-refractivity contribution in [1.29, 1.82) is 0 Å². The van der Waals surface area contributed by atoms with Gasteiger partial charge in [-0.3, -0.25) is 14.9 Å². The minimum absolute atomic E-state index is 0.0243. The van der Waals surface area contributed by atoms with E-state index in [1.54, 1.807) is 13.0 Å². The molecule has 110 valence electrons. The van der Waals surface area contributed by atoms with E-state index in [-0.39, 0.29) is 23.2 Å². The highest BCUT2D eigenvalue weighted by Gasteiger charge is 2.17. The van der Waals surface area contributed by atoms with Gasteiger partial charge < -0.3 is 14.9 Å². The maximum absolute atomic E-state index is 12.2. The van der Waals surface area contributed by atoms with Crippen molar-refractivity contribution >= 4 is 39.7 Å². The molecule has 0 aliphatic rings. The van der Waals surface area contributed by atoms with E-state index in [1.807, 2.05) is 0 Å². The number of benzene rings is 1. The zero-order chi connectivity index (χ0) is 15.6. The second-order valence-corrected chi connectivity index (χ2v) is 5.07. The molecule has 2 aromatic rings. The number of nitrogens with zero attached hydrogens (tertiary/aromatic N) is 1. The first-order chi connectivity index (χ1) is 9.86. The number of hydrogen-bond donors (Lipinski definition) is 2. The number of carbonyl (C=O) groups is 2. The molecule has 0 radical (unpaired) electrons. The molecule has 1 amide bonds. The van der Waals surface area contributed by atoms with Crippen LogP contribution in [0.2, 0.25) is 0 Å². The number of nitrogen functional groups attached to an aromatic ring is 1. The third kappa shape index (κ3) is 3.60. The summed E-state index contributed by atoms with van der Waals surface area (Å²) in [6.07, 6.45) is 0. The first-order valence-electron chi connectivity index (χ1n) is 5.89. The molecule has 0 fully saturated rings. The molecule has 0 aliphatic heterocycles. The topological polar surface area (TPSA) is 107 Å². The van der Waals surface area contributed by atoms with E-state index in [1.165, 1.54) is 19.1 Å². The lowest BCUT2D eigenvalue weighted by Gasteiger charge is -2.08. The fourth-order valence-corrected chi connectivity index (χ4v) is 1.91. The number of nitrogens with one attached hydrogen (secondary N) is 1. The number of carbonyl (C=O) groups excluding carboxylic acids is 2. The Kier molecular flexibility index (Phi) is 4.27. The largest absolute Gasteiger partial charge is 0.426 e. The number of hydrogen-bond acceptors (Lipinski definition) is 6. The Morgan fingerprint density at radius 2 is 2.14 bits per heavy atom. The van der Waals surface area contributed by atoms with Crippen LogP contribution in [0.4, 0.5) is 11.9 Å². The third-order valence-corrected chi connectivity index (χ3v) is 2.99. The Morgan fingerprint density at radius 1 is 1.43 bits per heavy atom. The van der Waals surface area contributed by atoms with Crippen LogP contribution in [0.5, 0.6) is 5.75 Å². The summed E-state index contributed by atoms with van der Waals surface area (Å²) in [5.41, 5.74) is 6.15. The molecule has 3 N–H and O–H groups in total. The van der Waals surface area contributed by atoms with Crippen molar-refractivity contribution in [1.82, 2.24) is 4.98 Å². The summed E-state index contributed by atoms with van der Waals surface area (Å²) in [6.45, 7) is 2.90. The van der Waals surface area contributed by atoms with Crippen LogP contribution in [0.3, 0.4) is 0 Å². The van der Waals surface area contributed by atoms with Gasteiger partial charge in [-0.2, -0.15) is 4.98 Å². The van der Waals surface area contributed by atoms with Crippen LogP contribution in [0.25, 0.3) is 0 Å². The molecular formula is C13H12BrN3O4. The average Bonchev–Trinajstić information content (AvgIpc) is 2.69. The monoisotopic (exact) mass is 353 g/mol. The van der Waals surface area contributed by atoms with Crippen LogP contribution < -0.4 is 15.8 Å². The lowest BCUT2D eigenvalue weighted by atomic mass is 10.2. The molecule has 0 saturated heterocycles. The zero-order valence-corrected chi connectivity index (χ0v) is 12.9. The van der Waals surface area contributed by atoms with Gasteiger partial charge in [-0.05, 0) is 25.1 Å². The van der Waals surface area contributed by atoms with Gasteiger partial charge in [-0.25, -0.2) is 0 Å². The van der Waals surface area contributed by atoms with Crippen molar-refractivity contribution in [3.63, 3.8) is 0 Å². The minimum Gasteiger partial charge on any atom is -0.426 e. The van der Waals surface area contributed by atoms with E-state index in [4.69, 9.17) is 14.9 Å². The summed E-state index contributed by atoms with van der Waals surface area (Å²) in [5, 5.41) is 2.45. The van der Waals surface area contributed by atoms with Gasteiger partial charge >= 0.3 is 12.0 Å². The van der Waals surface area contributed by atoms with Crippen LogP contribution in [-0.2, 0) is 4.79 Å². The summed E-state index contributed by atoms with van der Waals surface area (Å²) in [4.78, 5) is 27.2. The van der Waals surface area contributed by atoms with Crippen LogP contribution in [0, 0.1) is 6.92 Å².